The Hall–Kier alpha value is -2.58. The van der Waals surface area contributed by atoms with Gasteiger partial charge in [-0.25, -0.2) is 4.98 Å². The molecule has 1 aliphatic rings. The van der Waals surface area contributed by atoms with Crippen molar-refractivity contribution >= 4 is 17.2 Å². The number of thiazole rings is 1. The first-order chi connectivity index (χ1) is 13.5. The van der Waals surface area contributed by atoms with E-state index in [9.17, 15) is 4.79 Å². The van der Waals surface area contributed by atoms with Gasteiger partial charge in [-0.15, -0.1) is 11.3 Å². The van der Waals surface area contributed by atoms with Crippen LogP contribution in [0, 0.1) is 13.8 Å². The van der Waals surface area contributed by atoms with E-state index < -0.39 is 0 Å². The van der Waals surface area contributed by atoms with Crippen LogP contribution in [0.3, 0.4) is 0 Å². The molecule has 3 heterocycles. The molecule has 28 heavy (non-hydrogen) atoms. The number of hydrogen-bond acceptors (Lipinski definition) is 7. The predicted octanol–water partition coefficient (Wildman–Crippen LogP) is 3.33. The molecule has 1 amide bonds. The quantitative estimate of drug-likeness (QED) is 0.672. The lowest BCUT2D eigenvalue weighted by Crippen LogP contribution is -2.49. The van der Waals surface area contributed by atoms with Crippen LogP contribution in [0.4, 0.5) is 0 Å². The molecule has 0 radical (unpaired) electrons. The van der Waals surface area contributed by atoms with Crippen LogP contribution in [0.25, 0.3) is 11.4 Å². The minimum absolute atomic E-state index is 0.00842. The van der Waals surface area contributed by atoms with E-state index in [0.717, 1.165) is 29.2 Å². The van der Waals surface area contributed by atoms with Crippen molar-refractivity contribution in [2.24, 2.45) is 0 Å². The van der Waals surface area contributed by atoms with E-state index in [-0.39, 0.29) is 11.9 Å². The lowest BCUT2D eigenvalue weighted by atomic mass is 10.1. The van der Waals surface area contributed by atoms with Gasteiger partial charge in [0.15, 0.2) is 0 Å². The second kappa shape index (κ2) is 7.81. The summed E-state index contributed by atoms with van der Waals surface area (Å²) in [5, 5.41) is 4.14. The Morgan fingerprint density at radius 3 is 2.50 bits per heavy atom. The number of carbonyl (C=O) groups is 1. The van der Waals surface area contributed by atoms with Crippen LogP contribution < -0.4 is 0 Å². The first-order valence-corrected chi connectivity index (χ1v) is 10.2. The summed E-state index contributed by atoms with van der Waals surface area (Å²) in [6.45, 7) is 8.90. The third-order valence-corrected chi connectivity index (χ3v) is 6.11. The zero-order valence-electron chi connectivity index (χ0n) is 16.3. The molecule has 0 N–H and O–H groups in total. The third kappa shape index (κ3) is 3.70. The lowest BCUT2D eigenvalue weighted by molar-refractivity contribution is 0.0555. The molecule has 0 spiro atoms. The summed E-state index contributed by atoms with van der Waals surface area (Å²) in [7, 11) is 0. The summed E-state index contributed by atoms with van der Waals surface area (Å²) in [5.41, 5.74) is 4.67. The van der Waals surface area contributed by atoms with E-state index in [2.05, 4.69) is 26.9 Å². The molecular weight excluding hydrogens is 374 g/mol. The highest BCUT2D eigenvalue weighted by molar-refractivity contribution is 7.11. The second-order valence-corrected chi connectivity index (χ2v) is 7.95. The highest BCUT2D eigenvalue weighted by atomic mass is 32.1. The molecule has 1 aliphatic heterocycles. The average molecular weight is 398 g/mol. The van der Waals surface area contributed by atoms with Crippen LogP contribution in [0.5, 0.6) is 0 Å². The summed E-state index contributed by atoms with van der Waals surface area (Å²) in [6, 6.07) is 8.08. The van der Waals surface area contributed by atoms with Gasteiger partial charge < -0.3 is 9.42 Å². The van der Waals surface area contributed by atoms with Gasteiger partial charge in [-0.1, -0.05) is 35.0 Å². The number of aryl methyl sites for hydroxylation is 2. The van der Waals surface area contributed by atoms with E-state index in [0.29, 0.717) is 24.8 Å². The van der Waals surface area contributed by atoms with Gasteiger partial charge in [0.25, 0.3) is 5.91 Å². The fourth-order valence-electron chi connectivity index (χ4n) is 3.34. The van der Waals surface area contributed by atoms with Crippen LogP contribution in [0.2, 0.25) is 0 Å². The Morgan fingerprint density at radius 1 is 1.14 bits per heavy atom. The molecule has 146 valence electrons. The van der Waals surface area contributed by atoms with Crippen LogP contribution in [-0.4, -0.2) is 57.0 Å². The van der Waals surface area contributed by atoms with Gasteiger partial charge >= 0.3 is 0 Å². The maximum Gasteiger partial charge on any atom is 0.265 e. The SMILES string of the molecule is Cc1ccc(-c2noc([C@H](C)N3CCN(C(=O)c4scnc4C)CC3)n2)cc1. The Labute approximate surface area is 168 Å². The smallest absolute Gasteiger partial charge is 0.265 e. The van der Waals surface area contributed by atoms with Gasteiger partial charge in [0.2, 0.25) is 11.7 Å². The van der Waals surface area contributed by atoms with Gasteiger partial charge in [0.05, 0.1) is 17.2 Å². The van der Waals surface area contributed by atoms with Crippen molar-refractivity contribution in [1.29, 1.82) is 0 Å². The maximum atomic E-state index is 12.6. The van der Waals surface area contributed by atoms with Crippen molar-refractivity contribution in [2.45, 2.75) is 26.8 Å². The molecule has 1 aromatic carbocycles. The fourth-order valence-corrected chi connectivity index (χ4v) is 4.11. The van der Waals surface area contributed by atoms with Crippen LogP contribution in [0.15, 0.2) is 34.3 Å². The second-order valence-electron chi connectivity index (χ2n) is 7.09. The average Bonchev–Trinajstić information content (AvgIpc) is 3.37. The van der Waals surface area contributed by atoms with E-state index in [1.165, 1.54) is 16.9 Å². The molecule has 3 aromatic rings. The maximum absolute atomic E-state index is 12.6. The minimum Gasteiger partial charge on any atom is -0.337 e. The molecule has 7 nitrogen and oxygen atoms in total. The normalized spacial score (nSPS) is 16.3. The topological polar surface area (TPSA) is 75.4 Å². The van der Waals surface area contributed by atoms with E-state index in [1.54, 1.807) is 5.51 Å². The molecule has 0 aliphatic carbocycles. The highest BCUT2D eigenvalue weighted by Crippen LogP contribution is 2.24. The fraction of sp³-hybridized carbons (Fsp3) is 0.400. The number of amides is 1. The van der Waals surface area contributed by atoms with Gasteiger partial charge in [-0.3, -0.25) is 9.69 Å². The van der Waals surface area contributed by atoms with E-state index in [4.69, 9.17) is 4.52 Å². The minimum atomic E-state index is 0.00842. The standard InChI is InChI=1S/C20H23N5O2S/c1-13-4-6-16(7-5-13)18-22-19(27-23-18)15(3)24-8-10-25(11-9-24)20(26)17-14(2)21-12-28-17/h4-7,12,15H,8-11H2,1-3H3/t15-/m0/s1. The molecule has 1 saturated heterocycles. The first kappa shape index (κ1) is 18.8. The Morgan fingerprint density at radius 2 is 1.86 bits per heavy atom. The number of aromatic nitrogens is 3. The van der Waals surface area contributed by atoms with Crippen molar-refractivity contribution in [1.82, 2.24) is 24.9 Å². The van der Waals surface area contributed by atoms with Crippen LogP contribution in [-0.2, 0) is 0 Å². The number of rotatable bonds is 4. The van der Waals surface area contributed by atoms with Crippen molar-refractivity contribution in [2.75, 3.05) is 26.2 Å². The molecule has 0 bridgehead atoms. The number of hydrogen-bond donors (Lipinski definition) is 0. The summed E-state index contributed by atoms with van der Waals surface area (Å²) in [5.74, 6) is 1.29. The highest BCUT2D eigenvalue weighted by Gasteiger charge is 2.29. The Balaban J connectivity index is 1.39. The van der Waals surface area contributed by atoms with Gasteiger partial charge in [0, 0.05) is 31.7 Å². The van der Waals surface area contributed by atoms with Gasteiger partial charge in [-0.05, 0) is 20.8 Å². The summed E-state index contributed by atoms with van der Waals surface area (Å²) in [6.07, 6.45) is 0. The summed E-state index contributed by atoms with van der Waals surface area (Å²) in [4.78, 5) is 26.3. The summed E-state index contributed by atoms with van der Waals surface area (Å²) < 4.78 is 5.52. The summed E-state index contributed by atoms with van der Waals surface area (Å²) >= 11 is 1.41. The molecule has 4 rings (SSSR count). The van der Waals surface area contributed by atoms with Crippen LogP contribution in [0.1, 0.15) is 39.8 Å². The van der Waals surface area contributed by atoms with Gasteiger partial charge in [-0.2, -0.15) is 4.98 Å². The number of nitrogens with zero attached hydrogens (tertiary/aromatic N) is 5. The molecule has 1 atom stereocenters. The third-order valence-electron chi connectivity index (χ3n) is 5.20. The molecule has 1 fully saturated rings. The lowest BCUT2D eigenvalue weighted by Gasteiger charge is -2.36. The Bertz CT molecular complexity index is 957. The van der Waals surface area contributed by atoms with E-state index >= 15 is 0 Å². The molecule has 2 aromatic heterocycles. The van der Waals surface area contributed by atoms with Crippen LogP contribution >= 0.6 is 11.3 Å². The first-order valence-electron chi connectivity index (χ1n) is 9.37. The van der Waals surface area contributed by atoms with Crippen molar-refractivity contribution in [3.63, 3.8) is 0 Å². The number of carbonyl (C=O) groups excluding carboxylic acids is 1. The molecular formula is C20H23N5O2S. The van der Waals surface area contributed by atoms with Crippen molar-refractivity contribution in [3.8, 4) is 11.4 Å². The zero-order valence-corrected chi connectivity index (χ0v) is 17.1. The Kier molecular flexibility index (Phi) is 5.23. The van der Waals surface area contributed by atoms with E-state index in [1.807, 2.05) is 43.0 Å². The monoisotopic (exact) mass is 397 g/mol. The molecule has 8 heteroatoms. The van der Waals surface area contributed by atoms with Crippen molar-refractivity contribution < 1.29 is 9.32 Å². The zero-order chi connectivity index (χ0) is 19.7. The predicted molar refractivity (Wildman–Crippen MR) is 107 cm³/mol. The van der Waals surface area contributed by atoms with Gasteiger partial charge in [0.1, 0.15) is 4.88 Å². The van der Waals surface area contributed by atoms with Crippen molar-refractivity contribution in [3.05, 3.63) is 51.8 Å². The molecule has 0 unspecified atom stereocenters. The number of piperazine rings is 1. The largest absolute Gasteiger partial charge is 0.337 e. The molecule has 0 saturated carbocycles. The number of benzene rings is 1.